The first-order valence-corrected chi connectivity index (χ1v) is 6.66. The molecule has 0 heterocycles. The lowest BCUT2D eigenvalue weighted by atomic mass is 10.1. The first-order chi connectivity index (χ1) is 10.1. The number of ether oxygens (including phenoxy) is 2. The van der Waals surface area contributed by atoms with Gasteiger partial charge in [-0.3, -0.25) is 4.79 Å². The normalized spacial score (nSPS) is 10.0. The van der Waals surface area contributed by atoms with Crippen molar-refractivity contribution in [3.8, 4) is 11.5 Å². The first kappa shape index (κ1) is 14.8. The van der Waals surface area contributed by atoms with Gasteiger partial charge in [0.05, 0.1) is 12.2 Å². The fraction of sp³-hybridized carbons (Fsp3) is 0.176. The molecule has 0 aliphatic rings. The molecule has 2 aromatic carbocycles. The maximum atomic E-state index is 12.0. The molecule has 0 bridgehead atoms. The van der Waals surface area contributed by atoms with Crippen molar-refractivity contribution < 1.29 is 19.1 Å². The minimum atomic E-state index is -0.450. The number of benzene rings is 2. The monoisotopic (exact) mass is 284 g/mol. The molecule has 0 saturated carbocycles. The lowest BCUT2D eigenvalue weighted by molar-refractivity contribution is 0.0734. The van der Waals surface area contributed by atoms with E-state index in [0.29, 0.717) is 29.2 Å². The molecule has 0 spiro atoms. The van der Waals surface area contributed by atoms with Crippen molar-refractivity contribution in [3.05, 3.63) is 59.7 Å². The first-order valence-electron chi connectivity index (χ1n) is 6.66. The number of rotatable bonds is 5. The average Bonchev–Trinajstić information content (AvgIpc) is 2.49. The molecule has 2 aromatic rings. The Morgan fingerprint density at radius 2 is 1.38 bits per heavy atom. The van der Waals surface area contributed by atoms with Gasteiger partial charge >= 0.3 is 5.97 Å². The fourth-order valence-corrected chi connectivity index (χ4v) is 1.78. The summed E-state index contributed by atoms with van der Waals surface area (Å²) in [5.74, 6) is 0.631. The summed E-state index contributed by atoms with van der Waals surface area (Å²) in [6.45, 7) is 3.96. The molecule has 0 N–H and O–H groups in total. The zero-order chi connectivity index (χ0) is 15.2. The van der Waals surface area contributed by atoms with Crippen LogP contribution in [0.2, 0.25) is 0 Å². The van der Waals surface area contributed by atoms with Crippen LogP contribution in [0, 0.1) is 0 Å². The summed E-state index contributed by atoms with van der Waals surface area (Å²) in [7, 11) is 0. The molecule has 0 atom stereocenters. The quantitative estimate of drug-likeness (QED) is 0.479. The van der Waals surface area contributed by atoms with Crippen molar-refractivity contribution in [1.29, 1.82) is 0 Å². The van der Waals surface area contributed by atoms with Gasteiger partial charge in [0.2, 0.25) is 0 Å². The molecule has 4 nitrogen and oxygen atoms in total. The van der Waals surface area contributed by atoms with E-state index >= 15 is 0 Å². The van der Waals surface area contributed by atoms with Crippen LogP contribution in [-0.2, 0) is 0 Å². The summed E-state index contributed by atoms with van der Waals surface area (Å²) in [5.41, 5.74) is 1.02. The van der Waals surface area contributed by atoms with Crippen molar-refractivity contribution >= 4 is 11.8 Å². The van der Waals surface area contributed by atoms with Crippen molar-refractivity contribution in [2.24, 2.45) is 0 Å². The summed E-state index contributed by atoms with van der Waals surface area (Å²) in [4.78, 5) is 23.1. The van der Waals surface area contributed by atoms with Crippen LogP contribution >= 0.6 is 0 Å². The van der Waals surface area contributed by atoms with Crippen LogP contribution in [0.25, 0.3) is 0 Å². The number of carbonyl (C=O) groups is 2. The van der Waals surface area contributed by atoms with Crippen LogP contribution in [0.3, 0.4) is 0 Å². The van der Waals surface area contributed by atoms with E-state index in [1.807, 2.05) is 6.92 Å². The number of hydrogen-bond donors (Lipinski definition) is 0. The van der Waals surface area contributed by atoms with Gasteiger partial charge in [-0.15, -0.1) is 0 Å². The van der Waals surface area contributed by atoms with Gasteiger partial charge < -0.3 is 9.47 Å². The third-order valence-electron chi connectivity index (χ3n) is 2.87. The lowest BCUT2D eigenvalue weighted by Gasteiger charge is -2.06. The van der Waals surface area contributed by atoms with E-state index in [1.165, 1.54) is 6.92 Å². The fourth-order valence-electron chi connectivity index (χ4n) is 1.78. The van der Waals surface area contributed by atoms with Crippen molar-refractivity contribution in [2.45, 2.75) is 13.8 Å². The Labute approximate surface area is 123 Å². The molecule has 0 radical (unpaired) electrons. The molecule has 0 fully saturated rings. The van der Waals surface area contributed by atoms with Crippen LogP contribution in [0.15, 0.2) is 48.5 Å². The highest BCUT2D eigenvalue weighted by atomic mass is 16.5. The van der Waals surface area contributed by atoms with Crippen LogP contribution < -0.4 is 9.47 Å². The topological polar surface area (TPSA) is 52.6 Å². The van der Waals surface area contributed by atoms with Crippen molar-refractivity contribution in [1.82, 2.24) is 0 Å². The molecular weight excluding hydrogens is 268 g/mol. The molecular formula is C17H16O4. The van der Waals surface area contributed by atoms with Gasteiger partial charge in [-0.2, -0.15) is 0 Å². The van der Waals surface area contributed by atoms with Crippen LogP contribution in [-0.4, -0.2) is 18.4 Å². The molecule has 0 aliphatic heterocycles. The van der Waals surface area contributed by atoms with Crippen LogP contribution in [0.5, 0.6) is 11.5 Å². The Hall–Kier alpha value is -2.62. The number of hydrogen-bond acceptors (Lipinski definition) is 4. The van der Waals surface area contributed by atoms with Gasteiger partial charge in [0, 0.05) is 5.56 Å². The van der Waals surface area contributed by atoms with E-state index in [2.05, 4.69) is 0 Å². The number of esters is 1. The number of ketones is 1. The smallest absolute Gasteiger partial charge is 0.343 e. The second-order valence-electron chi connectivity index (χ2n) is 4.43. The SMILES string of the molecule is CCOc1ccc(C(=O)Oc2ccc(C(C)=O)cc2)cc1. The Morgan fingerprint density at radius 3 is 1.90 bits per heavy atom. The Morgan fingerprint density at radius 1 is 0.857 bits per heavy atom. The molecule has 0 saturated heterocycles. The van der Waals surface area contributed by atoms with Gasteiger partial charge in [0.25, 0.3) is 0 Å². The standard InChI is InChI=1S/C17H16O4/c1-3-20-15-8-6-14(7-9-15)17(19)21-16-10-4-13(5-11-16)12(2)18/h4-11H,3H2,1-2H3. The van der Waals surface area contributed by atoms with E-state index in [0.717, 1.165) is 0 Å². The second-order valence-corrected chi connectivity index (χ2v) is 4.43. The summed E-state index contributed by atoms with van der Waals surface area (Å²) in [6.07, 6.45) is 0. The predicted molar refractivity (Wildman–Crippen MR) is 79.0 cm³/mol. The van der Waals surface area contributed by atoms with E-state index < -0.39 is 5.97 Å². The van der Waals surface area contributed by atoms with E-state index in [9.17, 15) is 9.59 Å². The van der Waals surface area contributed by atoms with E-state index in [-0.39, 0.29) is 5.78 Å². The number of carbonyl (C=O) groups excluding carboxylic acids is 2. The molecule has 0 aliphatic carbocycles. The largest absolute Gasteiger partial charge is 0.494 e. The zero-order valence-electron chi connectivity index (χ0n) is 12.0. The summed E-state index contributed by atoms with van der Waals surface area (Å²) >= 11 is 0. The molecule has 0 aromatic heterocycles. The third-order valence-corrected chi connectivity index (χ3v) is 2.87. The van der Waals surface area contributed by atoms with Crippen LogP contribution in [0.4, 0.5) is 0 Å². The minimum absolute atomic E-state index is 0.0283. The van der Waals surface area contributed by atoms with E-state index in [4.69, 9.17) is 9.47 Å². The summed E-state index contributed by atoms with van der Waals surface area (Å²) in [5, 5.41) is 0. The highest BCUT2D eigenvalue weighted by molar-refractivity contribution is 5.94. The molecule has 0 amide bonds. The lowest BCUT2D eigenvalue weighted by Crippen LogP contribution is -2.08. The summed E-state index contributed by atoms with van der Waals surface area (Å²) in [6, 6.07) is 13.2. The highest BCUT2D eigenvalue weighted by Gasteiger charge is 2.09. The van der Waals surface area contributed by atoms with Crippen molar-refractivity contribution in [2.75, 3.05) is 6.61 Å². The maximum Gasteiger partial charge on any atom is 0.343 e. The molecule has 2 rings (SSSR count). The van der Waals surface area contributed by atoms with Crippen molar-refractivity contribution in [3.63, 3.8) is 0 Å². The second kappa shape index (κ2) is 6.70. The number of Topliss-reactive ketones (excluding diaryl/α,β-unsaturated/α-hetero) is 1. The molecule has 4 heteroatoms. The Balaban J connectivity index is 2.05. The third kappa shape index (κ3) is 3.92. The minimum Gasteiger partial charge on any atom is -0.494 e. The van der Waals surface area contributed by atoms with Gasteiger partial charge in [0.1, 0.15) is 11.5 Å². The Kier molecular flexibility index (Phi) is 4.72. The van der Waals surface area contributed by atoms with Crippen LogP contribution in [0.1, 0.15) is 34.6 Å². The van der Waals surface area contributed by atoms with E-state index in [1.54, 1.807) is 48.5 Å². The van der Waals surface area contributed by atoms with Gasteiger partial charge in [0.15, 0.2) is 5.78 Å². The zero-order valence-corrected chi connectivity index (χ0v) is 12.0. The summed E-state index contributed by atoms with van der Waals surface area (Å²) < 4.78 is 10.6. The molecule has 108 valence electrons. The highest BCUT2D eigenvalue weighted by Crippen LogP contribution is 2.16. The average molecular weight is 284 g/mol. The molecule has 21 heavy (non-hydrogen) atoms. The Bertz CT molecular complexity index is 627. The van der Waals surface area contributed by atoms with Gasteiger partial charge in [-0.25, -0.2) is 4.79 Å². The predicted octanol–water partition coefficient (Wildman–Crippen LogP) is 3.51. The molecule has 0 unspecified atom stereocenters. The maximum absolute atomic E-state index is 12.0. The van der Waals surface area contributed by atoms with Gasteiger partial charge in [-0.05, 0) is 62.4 Å². The van der Waals surface area contributed by atoms with Gasteiger partial charge in [-0.1, -0.05) is 0 Å².